The molecule has 1 unspecified atom stereocenters. The smallest absolute Gasteiger partial charge is 0.317 e. The fraction of sp³-hybridized carbons (Fsp3) is 0.412. The lowest BCUT2D eigenvalue weighted by Crippen LogP contribution is -2.39. The van der Waals surface area contributed by atoms with Gasteiger partial charge in [0.25, 0.3) is 0 Å². The maximum absolute atomic E-state index is 12.1. The van der Waals surface area contributed by atoms with E-state index in [4.69, 9.17) is 0 Å². The molecule has 0 saturated carbocycles. The van der Waals surface area contributed by atoms with Crippen LogP contribution in [0.25, 0.3) is 10.9 Å². The Hall–Kier alpha value is -2.10. The molecule has 0 spiro atoms. The molecule has 0 bridgehead atoms. The van der Waals surface area contributed by atoms with Crippen LogP contribution in [0, 0.1) is 5.92 Å². The lowest BCUT2D eigenvalue weighted by molar-refractivity contribution is 0.201. The zero-order chi connectivity index (χ0) is 15.2. The molecule has 0 aliphatic carbocycles. The van der Waals surface area contributed by atoms with Gasteiger partial charge in [0.15, 0.2) is 0 Å². The van der Waals surface area contributed by atoms with Crippen molar-refractivity contribution >= 4 is 16.9 Å². The highest BCUT2D eigenvalue weighted by molar-refractivity contribution is 5.82. The van der Waals surface area contributed by atoms with Crippen LogP contribution in [0.4, 0.5) is 4.79 Å². The second-order valence-corrected chi connectivity index (χ2v) is 5.54. The van der Waals surface area contributed by atoms with E-state index < -0.39 is 0 Å². The number of rotatable bonds is 5. The Bertz CT molecular complexity index is 607. The maximum atomic E-state index is 12.1. The fourth-order valence-corrected chi connectivity index (χ4v) is 2.30. The van der Waals surface area contributed by atoms with Crippen LogP contribution in [0.3, 0.4) is 0 Å². The van der Waals surface area contributed by atoms with Crippen LogP contribution in [0.5, 0.6) is 0 Å². The van der Waals surface area contributed by atoms with Gasteiger partial charge in [-0.05, 0) is 17.5 Å². The third kappa shape index (κ3) is 3.94. The Morgan fingerprint density at radius 3 is 2.86 bits per heavy atom. The first-order valence-electron chi connectivity index (χ1n) is 7.43. The molecule has 0 saturated heterocycles. The van der Waals surface area contributed by atoms with Crippen LogP contribution >= 0.6 is 0 Å². The summed E-state index contributed by atoms with van der Waals surface area (Å²) in [6.45, 7) is 5.56. The molecule has 2 amide bonds. The topological polar surface area (TPSA) is 45.2 Å². The van der Waals surface area contributed by atoms with Gasteiger partial charge in [-0.2, -0.15) is 0 Å². The van der Waals surface area contributed by atoms with Crippen LogP contribution in [0.15, 0.2) is 36.5 Å². The normalized spacial score (nSPS) is 12.1. The molecular weight excluding hydrogens is 262 g/mol. The van der Waals surface area contributed by atoms with Gasteiger partial charge in [0.1, 0.15) is 0 Å². The molecule has 4 nitrogen and oxygen atoms in total. The summed E-state index contributed by atoms with van der Waals surface area (Å²) >= 11 is 0. The van der Waals surface area contributed by atoms with Crippen LogP contribution < -0.4 is 5.32 Å². The SMILES string of the molecule is CCC(C)CN(C)C(=O)NCc1cccc2cccnc12. The van der Waals surface area contributed by atoms with Crippen LogP contribution in [-0.2, 0) is 6.54 Å². The number of hydrogen-bond acceptors (Lipinski definition) is 2. The minimum atomic E-state index is -0.0387. The largest absolute Gasteiger partial charge is 0.334 e. The number of benzene rings is 1. The number of aromatic nitrogens is 1. The number of urea groups is 1. The standard InChI is InChI=1S/C17H23N3O/c1-4-13(2)12-20(3)17(21)19-11-15-8-5-7-14-9-6-10-18-16(14)15/h5-10,13H,4,11-12H2,1-3H3,(H,19,21). The van der Waals surface area contributed by atoms with Crippen molar-refractivity contribution in [2.24, 2.45) is 5.92 Å². The van der Waals surface area contributed by atoms with E-state index in [2.05, 4.69) is 24.1 Å². The Labute approximate surface area is 126 Å². The molecule has 0 radical (unpaired) electrons. The van der Waals surface area contributed by atoms with Crippen molar-refractivity contribution in [2.75, 3.05) is 13.6 Å². The molecule has 2 aromatic rings. The van der Waals surface area contributed by atoms with E-state index in [1.54, 1.807) is 11.1 Å². The Morgan fingerprint density at radius 2 is 2.10 bits per heavy atom. The van der Waals surface area contributed by atoms with E-state index in [-0.39, 0.29) is 6.03 Å². The second-order valence-electron chi connectivity index (χ2n) is 5.54. The number of nitrogens with zero attached hydrogens (tertiary/aromatic N) is 2. The highest BCUT2D eigenvalue weighted by Gasteiger charge is 2.11. The minimum Gasteiger partial charge on any atom is -0.334 e. The van der Waals surface area contributed by atoms with Gasteiger partial charge < -0.3 is 10.2 Å². The third-order valence-corrected chi connectivity index (χ3v) is 3.78. The van der Waals surface area contributed by atoms with Crippen molar-refractivity contribution in [1.29, 1.82) is 0 Å². The summed E-state index contributed by atoms with van der Waals surface area (Å²) in [5, 5.41) is 4.06. The lowest BCUT2D eigenvalue weighted by Gasteiger charge is -2.21. The molecular formula is C17H23N3O. The molecule has 4 heteroatoms. The zero-order valence-corrected chi connectivity index (χ0v) is 13.0. The number of fused-ring (bicyclic) bond motifs is 1. The third-order valence-electron chi connectivity index (χ3n) is 3.78. The monoisotopic (exact) mass is 285 g/mol. The first-order chi connectivity index (χ1) is 10.1. The summed E-state index contributed by atoms with van der Waals surface area (Å²) in [6.07, 6.45) is 2.85. The Kier molecular flexibility index (Phi) is 5.14. The molecule has 21 heavy (non-hydrogen) atoms. The first kappa shape index (κ1) is 15.3. The van der Waals surface area contributed by atoms with Crippen molar-refractivity contribution < 1.29 is 4.79 Å². The number of amides is 2. The van der Waals surface area contributed by atoms with Crippen molar-refractivity contribution in [3.05, 3.63) is 42.1 Å². The van der Waals surface area contributed by atoms with Crippen molar-refractivity contribution in [3.8, 4) is 0 Å². The quantitative estimate of drug-likeness (QED) is 0.915. The van der Waals surface area contributed by atoms with E-state index >= 15 is 0 Å². The van der Waals surface area contributed by atoms with Gasteiger partial charge in [-0.15, -0.1) is 0 Å². The number of carbonyl (C=O) groups is 1. The maximum Gasteiger partial charge on any atom is 0.317 e. The average Bonchev–Trinajstić information content (AvgIpc) is 2.52. The summed E-state index contributed by atoms with van der Waals surface area (Å²) in [4.78, 5) is 18.2. The summed E-state index contributed by atoms with van der Waals surface area (Å²) in [6, 6.07) is 9.94. The highest BCUT2D eigenvalue weighted by Crippen LogP contribution is 2.15. The molecule has 0 aliphatic heterocycles. The Balaban J connectivity index is 2.00. The van der Waals surface area contributed by atoms with Gasteiger partial charge >= 0.3 is 6.03 Å². The van der Waals surface area contributed by atoms with E-state index in [0.717, 1.165) is 29.4 Å². The molecule has 1 N–H and O–H groups in total. The number of nitrogens with one attached hydrogen (secondary N) is 1. The summed E-state index contributed by atoms with van der Waals surface area (Å²) in [5.74, 6) is 0.514. The van der Waals surface area contributed by atoms with Gasteiger partial charge in [-0.3, -0.25) is 4.98 Å². The lowest BCUT2D eigenvalue weighted by atomic mass is 10.1. The van der Waals surface area contributed by atoms with Crippen LogP contribution in [0.1, 0.15) is 25.8 Å². The predicted molar refractivity (Wildman–Crippen MR) is 86.1 cm³/mol. The van der Waals surface area contributed by atoms with Crippen molar-refractivity contribution in [2.45, 2.75) is 26.8 Å². The van der Waals surface area contributed by atoms with Crippen LogP contribution in [0.2, 0.25) is 0 Å². The Morgan fingerprint density at radius 1 is 1.33 bits per heavy atom. The molecule has 0 aliphatic rings. The molecule has 1 heterocycles. The summed E-state index contributed by atoms with van der Waals surface area (Å²) < 4.78 is 0. The van der Waals surface area contributed by atoms with E-state index in [9.17, 15) is 4.79 Å². The molecule has 1 aromatic heterocycles. The van der Waals surface area contributed by atoms with Gasteiger partial charge in [0.05, 0.1) is 5.52 Å². The average molecular weight is 285 g/mol. The molecule has 1 aromatic carbocycles. The summed E-state index contributed by atoms with van der Waals surface area (Å²) in [5.41, 5.74) is 1.99. The number of hydrogen-bond donors (Lipinski definition) is 1. The van der Waals surface area contributed by atoms with E-state index in [0.29, 0.717) is 12.5 Å². The minimum absolute atomic E-state index is 0.0387. The highest BCUT2D eigenvalue weighted by atomic mass is 16.2. The number of para-hydroxylation sites is 1. The molecule has 2 rings (SSSR count). The predicted octanol–water partition coefficient (Wildman–Crippen LogP) is 3.42. The van der Waals surface area contributed by atoms with Gasteiger partial charge in [-0.1, -0.05) is 44.5 Å². The van der Waals surface area contributed by atoms with E-state index in [1.807, 2.05) is 37.4 Å². The zero-order valence-electron chi connectivity index (χ0n) is 13.0. The van der Waals surface area contributed by atoms with Crippen molar-refractivity contribution in [1.82, 2.24) is 15.2 Å². The molecule has 1 atom stereocenters. The molecule has 112 valence electrons. The first-order valence-corrected chi connectivity index (χ1v) is 7.43. The van der Waals surface area contributed by atoms with Gasteiger partial charge in [-0.25, -0.2) is 4.79 Å². The second kappa shape index (κ2) is 7.07. The summed E-state index contributed by atoms with van der Waals surface area (Å²) in [7, 11) is 1.84. The molecule has 0 fully saturated rings. The van der Waals surface area contributed by atoms with Crippen LogP contribution in [-0.4, -0.2) is 29.5 Å². The fourth-order valence-electron chi connectivity index (χ4n) is 2.30. The number of carbonyl (C=O) groups excluding carboxylic acids is 1. The van der Waals surface area contributed by atoms with E-state index in [1.165, 1.54) is 0 Å². The van der Waals surface area contributed by atoms with Gasteiger partial charge in [0, 0.05) is 31.7 Å². The van der Waals surface area contributed by atoms with Gasteiger partial charge in [0.2, 0.25) is 0 Å². The number of pyridine rings is 1. The van der Waals surface area contributed by atoms with Crippen molar-refractivity contribution in [3.63, 3.8) is 0 Å².